The fourth-order valence-corrected chi connectivity index (χ4v) is 7.93. The van der Waals surface area contributed by atoms with Crippen LogP contribution in [0.2, 0.25) is 0 Å². The quantitative estimate of drug-likeness (QED) is 0.172. The molecule has 0 saturated heterocycles. The van der Waals surface area contributed by atoms with Gasteiger partial charge in [0.2, 0.25) is 0 Å². The van der Waals surface area contributed by atoms with Crippen LogP contribution in [0.5, 0.6) is 0 Å². The van der Waals surface area contributed by atoms with Crippen LogP contribution in [0, 0.1) is 0 Å². The van der Waals surface area contributed by atoms with Gasteiger partial charge in [-0.15, -0.1) is 0 Å². The molecule has 8 aromatic carbocycles. The van der Waals surface area contributed by atoms with Gasteiger partial charge in [0.1, 0.15) is 22.3 Å². The van der Waals surface area contributed by atoms with Crippen molar-refractivity contribution in [1.29, 1.82) is 0 Å². The van der Waals surface area contributed by atoms with E-state index < -0.39 is 0 Å². The van der Waals surface area contributed by atoms with E-state index >= 15 is 0 Å². The number of rotatable bonds is 6. The molecule has 3 aromatic heterocycles. The van der Waals surface area contributed by atoms with E-state index in [2.05, 4.69) is 146 Å². The zero-order chi connectivity index (χ0) is 37.0. The molecule has 56 heavy (non-hydrogen) atoms. The second-order valence-electron chi connectivity index (χ2n) is 14.2. The van der Waals surface area contributed by atoms with Crippen LogP contribution in [0.25, 0.3) is 111 Å². The molecule has 0 unspecified atom stereocenters. The average molecular weight is 717 g/mol. The molecule has 0 amide bonds. The van der Waals surface area contributed by atoms with Gasteiger partial charge in [-0.2, -0.15) is 0 Å². The van der Waals surface area contributed by atoms with E-state index in [-0.39, 0.29) is 0 Å². The molecule has 11 rings (SSSR count). The minimum atomic E-state index is 0.665. The van der Waals surface area contributed by atoms with Crippen LogP contribution in [0.1, 0.15) is 0 Å². The first-order chi connectivity index (χ1) is 27.7. The molecule has 4 heteroatoms. The summed E-state index contributed by atoms with van der Waals surface area (Å²) in [5.74, 6) is 0.665. The molecule has 0 aliphatic rings. The number of para-hydroxylation sites is 3. The molecular weight excluding hydrogens is 685 g/mol. The minimum absolute atomic E-state index is 0.665. The first-order valence-corrected chi connectivity index (χ1v) is 18.8. The first kappa shape index (κ1) is 31.9. The Morgan fingerprint density at radius 1 is 0.286 bits per heavy atom. The highest BCUT2D eigenvalue weighted by molar-refractivity contribution is 6.10. The van der Waals surface area contributed by atoms with Crippen LogP contribution in [-0.2, 0) is 0 Å². The van der Waals surface area contributed by atoms with Crippen LogP contribution in [-0.4, -0.2) is 9.97 Å². The highest BCUT2D eigenvalue weighted by atomic mass is 16.3. The fourth-order valence-electron chi connectivity index (χ4n) is 7.93. The Balaban J connectivity index is 1.09. The summed E-state index contributed by atoms with van der Waals surface area (Å²) in [6, 6.07) is 67.4. The van der Waals surface area contributed by atoms with Crippen LogP contribution < -0.4 is 0 Å². The second kappa shape index (κ2) is 13.1. The smallest absolute Gasteiger partial charge is 0.160 e. The van der Waals surface area contributed by atoms with E-state index in [0.717, 1.165) is 105 Å². The van der Waals surface area contributed by atoms with Crippen LogP contribution >= 0.6 is 0 Å². The first-order valence-electron chi connectivity index (χ1n) is 18.8. The zero-order valence-electron chi connectivity index (χ0n) is 30.2. The number of benzene rings is 8. The lowest BCUT2D eigenvalue weighted by Crippen LogP contribution is -1.97. The van der Waals surface area contributed by atoms with Crippen LogP contribution in [0.4, 0.5) is 0 Å². The lowest BCUT2D eigenvalue weighted by molar-refractivity contribution is 0.669. The maximum absolute atomic E-state index is 6.54. The molecule has 0 N–H and O–H groups in total. The third kappa shape index (κ3) is 5.55. The summed E-state index contributed by atoms with van der Waals surface area (Å²) in [7, 11) is 0. The largest absolute Gasteiger partial charge is 0.456 e. The molecule has 3 heterocycles. The molecule has 262 valence electrons. The van der Waals surface area contributed by atoms with Gasteiger partial charge in [-0.25, -0.2) is 9.97 Å². The normalized spacial score (nSPS) is 11.6. The summed E-state index contributed by atoms with van der Waals surface area (Å²) < 4.78 is 12.8. The van der Waals surface area contributed by atoms with Crippen LogP contribution in [0.15, 0.2) is 203 Å². The van der Waals surface area contributed by atoms with Crippen molar-refractivity contribution in [2.24, 2.45) is 0 Å². The van der Waals surface area contributed by atoms with Crippen molar-refractivity contribution in [3.63, 3.8) is 0 Å². The molecule has 4 nitrogen and oxygen atoms in total. The van der Waals surface area contributed by atoms with Gasteiger partial charge in [0, 0.05) is 43.8 Å². The number of furan rings is 2. The van der Waals surface area contributed by atoms with Gasteiger partial charge < -0.3 is 8.83 Å². The Morgan fingerprint density at radius 2 is 0.821 bits per heavy atom. The SMILES string of the molecule is c1ccc(-c2cc(-c3cc(-c4cccc(-c5ccc6c(c5)oc5ccccc56)c4)nc(-c4ccccc4)n3)cc(-c3cccc4c3oc3ccccc34)c2)cc1. The Bertz CT molecular complexity index is 3250. The molecule has 0 spiro atoms. The van der Waals surface area contributed by atoms with Gasteiger partial charge in [-0.3, -0.25) is 0 Å². The lowest BCUT2D eigenvalue weighted by atomic mass is 9.93. The van der Waals surface area contributed by atoms with E-state index in [1.807, 2.05) is 48.5 Å². The van der Waals surface area contributed by atoms with E-state index in [1.54, 1.807) is 0 Å². The standard InChI is InChI=1S/C52H32N2O2/c1-3-13-33(14-4-1)38-28-39(41-21-12-22-45-43-20-8-10-24-49(43)56-51(41)45)30-40(29-38)47-32-46(53-52(54-47)34-15-5-2-6-16-34)37-18-11-17-35(27-37)36-25-26-44-42-19-7-9-23-48(42)55-50(44)31-36/h1-32H. The Kier molecular flexibility index (Phi) is 7.46. The molecule has 0 aliphatic heterocycles. The van der Waals surface area contributed by atoms with Crippen molar-refractivity contribution >= 4 is 43.9 Å². The summed E-state index contributed by atoms with van der Waals surface area (Å²) in [5, 5.41) is 4.44. The van der Waals surface area contributed by atoms with Crippen molar-refractivity contribution < 1.29 is 8.83 Å². The zero-order valence-corrected chi connectivity index (χ0v) is 30.2. The molecular formula is C52H32N2O2. The molecule has 0 radical (unpaired) electrons. The maximum Gasteiger partial charge on any atom is 0.160 e. The molecule has 0 bridgehead atoms. The molecule has 0 atom stereocenters. The van der Waals surface area contributed by atoms with Crippen molar-refractivity contribution in [3.8, 4) is 67.3 Å². The Morgan fingerprint density at radius 3 is 1.62 bits per heavy atom. The van der Waals surface area contributed by atoms with Crippen molar-refractivity contribution in [2.75, 3.05) is 0 Å². The van der Waals surface area contributed by atoms with Gasteiger partial charge in [0.05, 0.1) is 11.4 Å². The Hall–Kier alpha value is -7.56. The molecule has 0 aliphatic carbocycles. The average Bonchev–Trinajstić information content (AvgIpc) is 3.85. The van der Waals surface area contributed by atoms with Gasteiger partial charge in [-0.1, -0.05) is 140 Å². The number of hydrogen-bond acceptors (Lipinski definition) is 4. The topological polar surface area (TPSA) is 52.1 Å². The van der Waals surface area contributed by atoms with E-state index in [4.69, 9.17) is 18.8 Å². The number of aromatic nitrogens is 2. The third-order valence-electron chi connectivity index (χ3n) is 10.7. The second-order valence-corrected chi connectivity index (χ2v) is 14.2. The Labute approximate surface area is 323 Å². The molecule has 0 saturated carbocycles. The van der Waals surface area contributed by atoms with Crippen molar-refractivity contribution in [2.45, 2.75) is 0 Å². The predicted octanol–water partition coefficient (Wildman–Crippen LogP) is 14.3. The highest BCUT2D eigenvalue weighted by Crippen LogP contribution is 2.40. The monoisotopic (exact) mass is 716 g/mol. The summed E-state index contributed by atoms with van der Waals surface area (Å²) in [4.78, 5) is 10.4. The van der Waals surface area contributed by atoms with Gasteiger partial charge in [0.25, 0.3) is 0 Å². The number of nitrogens with zero attached hydrogens (tertiary/aromatic N) is 2. The summed E-state index contributed by atoms with van der Waals surface area (Å²) >= 11 is 0. The third-order valence-corrected chi connectivity index (χ3v) is 10.7. The van der Waals surface area contributed by atoms with Crippen LogP contribution in [0.3, 0.4) is 0 Å². The predicted molar refractivity (Wildman–Crippen MR) is 229 cm³/mol. The summed E-state index contributed by atoms with van der Waals surface area (Å²) in [5.41, 5.74) is 14.6. The minimum Gasteiger partial charge on any atom is -0.456 e. The highest BCUT2D eigenvalue weighted by Gasteiger charge is 2.17. The van der Waals surface area contributed by atoms with Gasteiger partial charge >= 0.3 is 0 Å². The van der Waals surface area contributed by atoms with Crippen molar-refractivity contribution in [3.05, 3.63) is 194 Å². The maximum atomic E-state index is 6.54. The number of fused-ring (bicyclic) bond motifs is 6. The van der Waals surface area contributed by atoms with E-state index in [1.165, 1.54) is 0 Å². The van der Waals surface area contributed by atoms with E-state index in [9.17, 15) is 0 Å². The lowest BCUT2D eigenvalue weighted by Gasteiger charge is -2.14. The number of hydrogen-bond donors (Lipinski definition) is 0. The molecule has 11 aromatic rings. The van der Waals surface area contributed by atoms with E-state index in [0.29, 0.717) is 5.82 Å². The summed E-state index contributed by atoms with van der Waals surface area (Å²) in [6.45, 7) is 0. The van der Waals surface area contributed by atoms with Gasteiger partial charge in [0.15, 0.2) is 5.82 Å². The summed E-state index contributed by atoms with van der Waals surface area (Å²) in [6.07, 6.45) is 0. The fraction of sp³-hybridized carbons (Fsp3) is 0. The molecule has 0 fully saturated rings. The van der Waals surface area contributed by atoms with Crippen molar-refractivity contribution in [1.82, 2.24) is 9.97 Å². The van der Waals surface area contributed by atoms with Gasteiger partial charge in [-0.05, 0) is 82.4 Å².